The second kappa shape index (κ2) is 3.88. The summed E-state index contributed by atoms with van der Waals surface area (Å²) in [6.45, 7) is -0.164. The van der Waals surface area contributed by atoms with Crippen molar-refractivity contribution in [3.63, 3.8) is 0 Å². The van der Waals surface area contributed by atoms with Gasteiger partial charge in [-0.3, -0.25) is 0 Å². The highest BCUT2D eigenvalue weighted by Crippen LogP contribution is 2.13. The summed E-state index contributed by atoms with van der Waals surface area (Å²) in [7, 11) is 0. The first-order valence-electron chi connectivity index (χ1n) is 3.74. The van der Waals surface area contributed by atoms with Crippen molar-refractivity contribution in [1.82, 2.24) is 5.32 Å². The van der Waals surface area contributed by atoms with E-state index in [4.69, 9.17) is 20.7 Å². The van der Waals surface area contributed by atoms with Crippen LogP contribution in [0, 0.1) is 0 Å². The zero-order valence-electron chi connectivity index (χ0n) is 6.75. The zero-order valence-corrected chi connectivity index (χ0v) is 6.75. The van der Waals surface area contributed by atoms with Crippen molar-refractivity contribution in [3.05, 3.63) is 0 Å². The maximum atomic E-state index is 10.4. The molecule has 6 N–H and O–H groups in total. The van der Waals surface area contributed by atoms with Crippen LogP contribution in [0.1, 0.15) is 0 Å². The predicted octanol–water partition coefficient (Wildman–Crippen LogP) is -2.91. The Morgan fingerprint density at radius 1 is 1.38 bits per heavy atom. The SMILES string of the molecule is NC(=O)NC1OC[C@H](O)[C@H](O)[C@H]1O. The van der Waals surface area contributed by atoms with Gasteiger partial charge in [0, 0.05) is 0 Å². The average molecular weight is 192 g/mol. The lowest BCUT2D eigenvalue weighted by Crippen LogP contribution is -2.59. The molecule has 1 fully saturated rings. The third kappa shape index (κ3) is 2.28. The summed E-state index contributed by atoms with van der Waals surface area (Å²) in [4.78, 5) is 10.4. The average Bonchev–Trinajstić information content (AvgIpc) is 2.06. The molecule has 0 saturated carbocycles. The lowest BCUT2D eigenvalue weighted by Gasteiger charge is -2.34. The highest BCUT2D eigenvalue weighted by atomic mass is 16.5. The lowest BCUT2D eigenvalue weighted by atomic mass is 10.0. The number of rotatable bonds is 1. The number of aliphatic hydroxyl groups excluding tert-OH is 3. The van der Waals surface area contributed by atoms with Gasteiger partial charge in [-0.05, 0) is 0 Å². The minimum absolute atomic E-state index is 0.164. The first-order chi connectivity index (χ1) is 6.02. The van der Waals surface area contributed by atoms with Crippen molar-refractivity contribution in [3.8, 4) is 0 Å². The van der Waals surface area contributed by atoms with Crippen LogP contribution in [0.2, 0.25) is 0 Å². The lowest BCUT2D eigenvalue weighted by molar-refractivity contribution is -0.191. The summed E-state index contributed by atoms with van der Waals surface area (Å²) in [5.74, 6) is 0. The zero-order chi connectivity index (χ0) is 10.0. The molecule has 4 atom stereocenters. The van der Waals surface area contributed by atoms with Gasteiger partial charge in [-0.1, -0.05) is 0 Å². The number of carbonyl (C=O) groups is 1. The normalized spacial score (nSPS) is 39.9. The maximum Gasteiger partial charge on any atom is 0.314 e. The smallest absolute Gasteiger partial charge is 0.314 e. The first-order valence-corrected chi connectivity index (χ1v) is 3.74. The molecule has 7 nitrogen and oxygen atoms in total. The fourth-order valence-electron chi connectivity index (χ4n) is 1.07. The van der Waals surface area contributed by atoms with Gasteiger partial charge < -0.3 is 31.1 Å². The molecule has 1 saturated heterocycles. The Morgan fingerprint density at radius 3 is 2.54 bits per heavy atom. The Labute approximate surface area is 74.1 Å². The van der Waals surface area contributed by atoms with Crippen LogP contribution in [0.25, 0.3) is 0 Å². The summed E-state index contributed by atoms with van der Waals surface area (Å²) in [6.07, 6.45) is -4.95. The van der Waals surface area contributed by atoms with Crippen LogP contribution in [0.5, 0.6) is 0 Å². The molecule has 0 bridgehead atoms. The molecule has 1 unspecified atom stereocenters. The van der Waals surface area contributed by atoms with Crippen molar-refractivity contribution in [2.24, 2.45) is 5.73 Å². The van der Waals surface area contributed by atoms with Gasteiger partial charge >= 0.3 is 6.03 Å². The van der Waals surface area contributed by atoms with Crippen molar-refractivity contribution in [2.75, 3.05) is 6.61 Å². The number of urea groups is 1. The second-order valence-corrected chi connectivity index (χ2v) is 2.81. The molecule has 1 heterocycles. The van der Waals surface area contributed by atoms with Gasteiger partial charge in [-0.25, -0.2) is 4.79 Å². The van der Waals surface area contributed by atoms with E-state index in [9.17, 15) is 9.90 Å². The molecule has 0 aliphatic carbocycles. The summed E-state index contributed by atoms with van der Waals surface area (Å²) in [6, 6.07) is -0.868. The number of amides is 2. The molecule has 0 aromatic heterocycles. The van der Waals surface area contributed by atoms with Crippen LogP contribution >= 0.6 is 0 Å². The summed E-state index contributed by atoms with van der Waals surface area (Å²) in [5, 5.41) is 29.5. The van der Waals surface area contributed by atoms with Crippen LogP contribution in [0.4, 0.5) is 4.79 Å². The molecule has 0 radical (unpaired) electrons. The molecule has 13 heavy (non-hydrogen) atoms. The molecular formula is C6H12N2O5. The quantitative estimate of drug-likeness (QED) is 0.304. The Hall–Kier alpha value is -0.890. The third-order valence-electron chi connectivity index (χ3n) is 1.79. The largest absolute Gasteiger partial charge is 0.388 e. The van der Waals surface area contributed by atoms with Crippen molar-refractivity contribution >= 4 is 6.03 Å². The van der Waals surface area contributed by atoms with E-state index in [1.165, 1.54) is 0 Å². The third-order valence-corrected chi connectivity index (χ3v) is 1.79. The van der Waals surface area contributed by atoms with E-state index in [0.717, 1.165) is 0 Å². The van der Waals surface area contributed by atoms with Gasteiger partial charge in [-0.2, -0.15) is 0 Å². The molecule has 2 amide bonds. The summed E-state index contributed by atoms with van der Waals surface area (Å²) < 4.78 is 4.81. The van der Waals surface area contributed by atoms with Gasteiger partial charge in [0.15, 0.2) is 6.23 Å². The molecule has 0 aromatic carbocycles. The number of nitrogens with two attached hydrogens (primary N) is 1. The van der Waals surface area contributed by atoms with E-state index in [1.54, 1.807) is 0 Å². The predicted molar refractivity (Wildman–Crippen MR) is 40.5 cm³/mol. The Morgan fingerprint density at radius 2 is 2.00 bits per heavy atom. The molecule has 0 spiro atoms. The van der Waals surface area contributed by atoms with Gasteiger partial charge in [0.05, 0.1) is 6.61 Å². The van der Waals surface area contributed by atoms with Crippen LogP contribution < -0.4 is 11.1 Å². The molecule has 1 rings (SSSR count). The van der Waals surface area contributed by atoms with Crippen molar-refractivity contribution < 1.29 is 24.9 Å². The fourth-order valence-corrected chi connectivity index (χ4v) is 1.07. The van der Waals surface area contributed by atoms with E-state index in [2.05, 4.69) is 5.32 Å². The van der Waals surface area contributed by atoms with Crippen LogP contribution in [0.15, 0.2) is 0 Å². The number of nitrogens with one attached hydrogen (secondary N) is 1. The summed E-state index contributed by atoms with van der Waals surface area (Å²) in [5.41, 5.74) is 4.78. The van der Waals surface area contributed by atoms with E-state index < -0.39 is 30.6 Å². The standard InChI is InChI=1S/C6H12N2O5/c7-6(12)8-5-4(11)3(10)2(9)1-13-5/h2-5,9-11H,1H2,(H3,7,8,12)/t2-,3-,4+,5?/m0/s1. The van der Waals surface area contributed by atoms with Crippen molar-refractivity contribution in [2.45, 2.75) is 24.5 Å². The Kier molecular flexibility index (Phi) is 3.04. The molecule has 7 heteroatoms. The summed E-state index contributed by atoms with van der Waals surface area (Å²) >= 11 is 0. The van der Waals surface area contributed by atoms with Crippen LogP contribution in [-0.2, 0) is 4.74 Å². The van der Waals surface area contributed by atoms with E-state index in [0.29, 0.717) is 0 Å². The molecule has 1 aliphatic heterocycles. The van der Waals surface area contributed by atoms with Gasteiger partial charge in [0.1, 0.15) is 18.3 Å². The van der Waals surface area contributed by atoms with Crippen molar-refractivity contribution in [1.29, 1.82) is 0 Å². The number of ether oxygens (including phenoxy) is 1. The Bertz CT molecular complexity index is 199. The number of aliphatic hydroxyl groups is 3. The second-order valence-electron chi connectivity index (χ2n) is 2.81. The molecule has 0 aromatic rings. The topological polar surface area (TPSA) is 125 Å². The number of hydrogen-bond donors (Lipinski definition) is 5. The van der Waals surface area contributed by atoms with Gasteiger partial charge in [-0.15, -0.1) is 0 Å². The Balaban J connectivity index is 2.53. The number of primary amides is 1. The van der Waals surface area contributed by atoms with Gasteiger partial charge in [0.25, 0.3) is 0 Å². The highest BCUT2D eigenvalue weighted by molar-refractivity contribution is 5.71. The van der Waals surface area contributed by atoms with E-state index >= 15 is 0 Å². The monoisotopic (exact) mass is 192 g/mol. The highest BCUT2D eigenvalue weighted by Gasteiger charge is 2.37. The van der Waals surface area contributed by atoms with E-state index in [-0.39, 0.29) is 6.61 Å². The van der Waals surface area contributed by atoms with Crippen LogP contribution in [0.3, 0.4) is 0 Å². The molecular weight excluding hydrogens is 180 g/mol. The minimum Gasteiger partial charge on any atom is -0.388 e. The minimum atomic E-state index is -1.38. The van der Waals surface area contributed by atoms with E-state index in [1.807, 2.05) is 0 Å². The number of carbonyl (C=O) groups excluding carboxylic acids is 1. The molecule has 76 valence electrons. The first kappa shape index (κ1) is 10.2. The fraction of sp³-hybridized carbons (Fsp3) is 0.833. The van der Waals surface area contributed by atoms with Crippen LogP contribution in [-0.4, -0.2) is 52.5 Å². The maximum absolute atomic E-state index is 10.4. The van der Waals surface area contributed by atoms with Gasteiger partial charge in [0.2, 0.25) is 0 Å². The molecule has 1 aliphatic rings. The number of hydrogen-bond acceptors (Lipinski definition) is 5.